The van der Waals surface area contributed by atoms with Gasteiger partial charge in [0.05, 0.1) is 6.04 Å². The molecule has 1 saturated heterocycles. The Morgan fingerprint density at radius 3 is 2.04 bits per heavy atom. The number of rotatable bonds is 5. The summed E-state index contributed by atoms with van der Waals surface area (Å²) in [5.41, 5.74) is 2.35. The van der Waals surface area contributed by atoms with Crippen molar-refractivity contribution >= 4 is 5.91 Å². The van der Waals surface area contributed by atoms with Crippen molar-refractivity contribution in [3.05, 3.63) is 71.8 Å². The van der Waals surface area contributed by atoms with Crippen molar-refractivity contribution in [3.8, 4) is 0 Å². The molecule has 1 N–H and O–H groups in total. The van der Waals surface area contributed by atoms with E-state index in [0.717, 1.165) is 19.4 Å². The van der Waals surface area contributed by atoms with Gasteiger partial charge in [-0.1, -0.05) is 73.5 Å². The summed E-state index contributed by atoms with van der Waals surface area (Å²) in [6.45, 7) is 2.26. The lowest BCUT2D eigenvalue weighted by atomic mass is 10.1. The van der Waals surface area contributed by atoms with Crippen LogP contribution in [0.5, 0.6) is 0 Å². The highest BCUT2D eigenvalue weighted by atomic mass is 16.2. The van der Waals surface area contributed by atoms with Crippen molar-refractivity contribution in [1.82, 2.24) is 10.2 Å². The van der Waals surface area contributed by atoms with Crippen molar-refractivity contribution in [3.63, 3.8) is 0 Å². The van der Waals surface area contributed by atoms with Crippen molar-refractivity contribution in [1.29, 1.82) is 0 Å². The van der Waals surface area contributed by atoms with E-state index in [1.165, 1.54) is 24.0 Å². The second-order valence-electron chi connectivity index (χ2n) is 6.52. The van der Waals surface area contributed by atoms with Gasteiger partial charge in [-0.25, -0.2) is 0 Å². The third-order valence-electron chi connectivity index (χ3n) is 4.60. The molecule has 0 saturated carbocycles. The fraction of sp³-hybridized carbons (Fsp3) is 0.381. The van der Waals surface area contributed by atoms with Gasteiger partial charge in [-0.15, -0.1) is 0 Å². The van der Waals surface area contributed by atoms with Crippen LogP contribution < -0.4 is 5.32 Å². The van der Waals surface area contributed by atoms with Gasteiger partial charge in [-0.3, -0.25) is 4.79 Å². The number of nitrogens with zero attached hydrogens (tertiary/aromatic N) is 1. The molecule has 1 unspecified atom stereocenters. The van der Waals surface area contributed by atoms with Gasteiger partial charge in [0.15, 0.2) is 0 Å². The standard InChI is InChI=1S/C21H26N2O/c24-21(20-14-8-3-9-15-22-20)23(16-18-10-4-1-5-11-18)17-19-12-6-2-7-13-19/h1-2,4-7,10-13,20,22H,3,8-9,14-17H2. The highest BCUT2D eigenvalue weighted by Crippen LogP contribution is 2.16. The molecule has 0 aromatic heterocycles. The van der Waals surface area contributed by atoms with Crippen LogP contribution in [0.3, 0.4) is 0 Å². The van der Waals surface area contributed by atoms with E-state index in [9.17, 15) is 4.79 Å². The molecule has 1 heterocycles. The Bertz CT molecular complexity index is 577. The van der Waals surface area contributed by atoms with Crippen LogP contribution in [0.4, 0.5) is 0 Å². The lowest BCUT2D eigenvalue weighted by Gasteiger charge is -2.27. The van der Waals surface area contributed by atoms with Crippen molar-refractivity contribution in [2.24, 2.45) is 0 Å². The fourth-order valence-electron chi connectivity index (χ4n) is 3.28. The lowest BCUT2D eigenvalue weighted by Crippen LogP contribution is -2.45. The minimum Gasteiger partial charge on any atom is -0.333 e. The summed E-state index contributed by atoms with van der Waals surface area (Å²) < 4.78 is 0. The van der Waals surface area contributed by atoms with Gasteiger partial charge in [0.25, 0.3) is 0 Å². The van der Waals surface area contributed by atoms with Crippen LogP contribution in [-0.2, 0) is 17.9 Å². The van der Waals surface area contributed by atoms with Gasteiger partial charge in [-0.2, -0.15) is 0 Å². The Balaban J connectivity index is 1.76. The zero-order valence-electron chi connectivity index (χ0n) is 14.2. The van der Waals surface area contributed by atoms with Crippen LogP contribution in [0, 0.1) is 0 Å². The van der Waals surface area contributed by atoms with Gasteiger partial charge in [0.1, 0.15) is 0 Å². The van der Waals surface area contributed by atoms with Gasteiger partial charge >= 0.3 is 0 Å². The van der Waals surface area contributed by atoms with Gasteiger partial charge in [-0.05, 0) is 30.5 Å². The first-order valence-corrected chi connectivity index (χ1v) is 8.93. The van der Waals surface area contributed by atoms with E-state index in [4.69, 9.17) is 0 Å². The topological polar surface area (TPSA) is 32.3 Å². The minimum atomic E-state index is -0.0417. The Labute approximate surface area is 144 Å². The maximum absolute atomic E-state index is 13.1. The van der Waals surface area contributed by atoms with Crippen LogP contribution in [0.15, 0.2) is 60.7 Å². The van der Waals surface area contributed by atoms with Crippen LogP contribution in [-0.4, -0.2) is 23.4 Å². The number of carbonyl (C=O) groups excluding carboxylic acids is 1. The van der Waals surface area contributed by atoms with Crippen LogP contribution in [0.25, 0.3) is 0 Å². The molecule has 1 fully saturated rings. The second-order valence-corrected chi connectivity index (χ2v) is 6.52. The van der Waals surface area contributed by atoms with Crippen LogP contribution >= 0.6 is 0 Å². The highest BCUT2D eigenvalue weighted by Gasteiger charge is 2.25. The molecule has 2 aromatic carbocycles. The fourth-order valence-corrected chi connectivity index (χ4v) is 3.28. The molecule has 1 aliphatic heterocycles. The Morgan fingerprint density at radius 2 is 1.46 bits per heavy atom. The van der Waals surface area contributed by atoms with E-state index in [1.54, 1.807) is 0 Å². The lowest BCUT2D eigenvalue weighted by molar-refractivity contribution is -0.134. The Hall–Kier alpha value is -2.13. The molecule has 3 rings (SSSR count). The number of hydrogen-bond donors (Lipinski definition) is 1. The van der Waals surface area contributed by atoms with E-state index in [2.05, 4.69) is 29.6 Å². The van der Waals surface area contributed by atoms with E-state index in [0.29, 0.717) is 13.1 Å². The van der Waals surface area contributed by atoms with E-state index < -0.39 is 0 Å². The largest absolute Gasteiger partial charge is 0.333 e. The molecule has 1 aliphatic rings. The molecule has 24 heavy (non-hydrogen) atoms. The average molecular weight is 322 g/mol. The molecular weight excluding hydrogens is 296 g/mol. The Kier molecular flexibility index (Phi) is 6.02. The maximum atomic E-state index is 13.1. The van der Waals surface area contributed by atoms with E-state index in [-0.39, 0.29) is 11.9 Å². The predicted octanol–water partition coefficient (Wildman–Crippen LogP) is 3.75. The molecule has 3 nitrogen and oxygen atoms in total. The van der Waals surface area contributed by atoms with Gasteiger partial charge in [0, 0.05) is 13.1 Å². The third kappa shape index (κ3) is 4.68. The molecule has 3 heteroatoms. The third-order valence-corrected chi connectivity index (χ3v) is 4.60. The molecule has 0 aliphatic carbocycles. The number of benzene rings is 2. The Morgan fingerprint density at radius 1 is 0.875 bits per heavy atom. The first-order chi connectivity index (χ1) is 11.8. The molecular formula is C21H26N2O. The maximum Gasteiger partial charge on any atom is 0.240 e. The molecule has 1 atom stereocenters. The predicted molar refractivity (Wildman–Crippen MR) is 97.4 cm³/mol. The summed E-state index contributed by atoms with van der Waals surface area (Å²) in [5, 5.41) is 3.44. The SMILES string of the molecule is O=C(C1CCCCCN1)N(Cc1ccccc1)Cc1ccccc1. The van der Waals surface area contributed by atoms with Gasteiger partial charge < -0.3 is 10.2 Å². The molecule has 2 aromatic rings. The smallest absolute Gasteiger partial charge is 0.240 e. The summed E-state index contributed by atoms with van der Waals surface area (Å²) in [5.74, 6) is 0.226. The zero-order valence-corrected chi connectivity index (χ0v) is 14.2. The van der Waals surface area contributed by atoms with Crippen LogP contribution in [0.2, 0.25) is 0 Å². The normalized spacial score (nSPS) is 17.9. The summed E-state index contributed by atoms with van der Waals surface area (Å²) >= 11 is 0. The monoisotopic (exact) mass is 322 g/mol. The van der Waals surface area contributed by atoms with Gasteiger partial charge in [0.2, 0.25) is 5.91 Å². The summed E-state index contributed by atoms with van der Waals surface area (Å²) in [6.07, 6.45) is 4.46. The van der Waals surface area contributed by atoms with Crippen LogP contribution in [0.1, 0.15) is 36.8 Å². The summed E-state index contributed by atoms with van der Waals surface area (Å²) in [6, 6.07) is 20.5. The molecule has 0 spiro atoms. The molecule has 0 radical (unpaired) electrons. The number of hydrogen-bond acceptors (Lipinski definition) is 2. The zero-order chi connectivity index (χ0) is 16.6. The van der Waals surface area contributed by atoms with E-state index in [1.807, 2.05) is 41.3 Å². The van der Waals surface area contributed by atoms with Crippen molar-refractivity contribution < 1.29 is 4.79 Å². The van der Waals surface area contributed by atoms with Crippen molar-refractivity contribution in [2.45, 2.75) is 44.8 Å². The quantitative estimate of drug-likeness (QED) is 0.909. The average Bonchev–Trinajstić information content (AvgIpc) is 2.92. The number of nitrogens with one attached hydrogen (secondary N) is 1. The molecule has 0 bridgehead atoms. The highest BCUT2D eigenvalue weighted by molar-refractivity contribution is 5.82. The summed E-state index contributed by atoms with van der Waals surface area (Å²) in [7, 11) is 0. The minimum absolute atomic E-state index is 0.0417. The number of amides is 1. The molecule has 1 amide bonds. The number of carbonyl (C=O) groups is 1. The second kappa shape index (κ2) is 8.65. The van der Waals surface area contributed by atoms with E-state index >= 15 is 0 Å². The molecule has 126 valence electrons. The van der Waals surface area contributed by atoms with Crippen molar-refractivity contribution in [2.75, 3.05) is 6.54 Å². The first-order valence-electron chi connectivity index (χ1n) is 8.93. The summed E-state index contributed by atoms with van der Waals surface area (Å²) in [4.78, 5) is 15.1. The first kappa shape index (κ1) is 16.7.